The molecule has 112 valence electrons. The van der Waals surface area contributed by atoms with Gasteiger partial charge in [0.1, 0.15) is 17.2 Å². The number of nitrogens with one attached hydrogen (secondary N) is 1. The molecule has 0 spiro atoms. The zero-order chi connectivity index (χ0) is 15.9. The first kappa shape index (κ1) is 14.2. The monoisotopic (exact) mass is 315 g/mol. The number of rotatable bonds is 2. The van der Waals surface area contributed by atoms with E-state index in [9.17, 15) is 15.3 Å². The minimum Gasteiger partial charge on any atom is -0.508 e. The van der Waals surface area contributed by atoms with Crippen LogP contribution < -0.4 is 0 Å². The maximum atomic E-state index is 9.67. The topological polar surface area (TPSA) is 94.3 Å². The van der Waals surface area contributed by atoms with E-state index in [-0.39, 0.29) is 17.2 Å². The second-order valence-corrected chi connectivity index (χ2v) is 5.28. The molecule has 0 amide bonds. The van der Waals surface area contributed by atoms with Crippen molar-refractivity contribution in [2.75, 3.05) is 0 Å². The van der Waals surface area contributed by atoms with Crippen LogP contribution in [0, 0.1) is 11.7 Å². The summed E-state index contributed by atoms with van der Waals surface area (Å²) in [5.74, 6) is 0.530. The lowest BCUT2D eigenvalue weighted by Gasteiger charge is -2.10. The lowest BCUT2D eigenvalue weighted by Crippen LogP contribution is -1.99. The van der Waals surface area contributed by atoms with Crippen LogP contribution in [-0.4, -0.2) is 30.1 Å². The quantitative estimate of drug-likeness (QED) is 0.545. The number of hydrogen-bond acceptors (Lipinski definition) is 5. The molecule has 0 unspecified atom stereocenters. The second-order valence-electron chi connectivity index (χ2n) is 4.89. The summed E-state index contributed by atoms with van der Waals surface area (Å²) in [6.45, 7) is 1.84. The van der Waals surface area contributed by atoms with Gasteiger partial charge in [-0.3, -0.25) is 9.67 Å². The van der Waals surface area contributed by atoms with E-state index in [0.29, 0.717) is 16.3 Å². The molecule has 7 heteroatoms. The Balaban J connectivity index is 2.26. The molecule has 0 bridgehead atoms. The molecule has 0 saturated heterocycles. The van der Waals surface area contributed by atoms with Gasteiger partial charge in [0.2, 0.25) is 0 Å². The van der Waals surface area contributed by atoms with E-state index < -0.39 is 0 Å². The van der Waals surface area contributed by atoms with Crippen molar-refractivity contribution in [3.05, 3.63) is 46.7 Å². The van der Waals surface area contributed by atoms with Gasteiger partial charge in [-0.05, 0) is 42.9 Å². The molecule has 4 N–H and O–H groups in total. The first-order chi connectivity index (χ1) is 10.5. The zero-order valence-corrected chi connectivity index (χ0v) is 12.4. The lowest BCUT2D eigenvalue weighted by atomic mass is 10.1. The maximum absolute atomic E-state index is 9.67. The smallest absolute Gasteiger partial charge is 0.200 e. The van der Waals surface area contributed by atoms with E-state index in [1.165, 1.54) is 18.2 Å². The van der Waals surface area contributed by atoms with Gasteiger partial charge in [0, 0.05) is 23.8 Å². The molecule has 22 heavy (non-hydrogen) atoms. The molecule has 0 atom stereocenters. The number of phenols is 3. The predicted molar refractivity (Wildman–Crippen MR) is 83.9 cm³/mol. The highest BCUT2D eigenvalue weighted by Gasteiger charge is 2.14. The highest BCUT2D eigenvalue weighted by atomic mass is 32.1. The summed E-state index contributed by atoms with van der Waals surface area (Å²) in [5, 5.41) is 35.8. The summed E-state index contributed by atoms with van der Waals surface area (Å²) in [4.78, 5) is 0. The number of aromatic nitrogens is 3. The maximum Gasteiger partial charge on any atom is 0.200 e. The van der Waals surface area contributed by atoms with E-state index in [1.54, 1.807) is 22.8 Å². The Kier molecular flexibility index (Phi) is 3.34. The molecule has 3 rings (SSSR count). The fraction of sp³-hybridized carbons (Fsp3) is 0.0667. The molecule has 1 aromatic heterocycles. The molecule has 0 aliphatic rings. The molecule has 0 aliphatic carbocycles. The van der Waals surface area contributed by atoms with Crippen LogP contribution in [0.15, 0.2) is 36.4 Å². The van der Waals surface area contributed by atoms with Gasteiger partial charge in [-0.2, -0.15) is 5.10 Å². The number of nitrogens with zero attached hydrogens (tertiary/aromatic N) is 2. The number of hydrogen-bond donors (Lipinski definition) is 4. The van der Waals surface area contributed by atoms with Gasteiger partial charge in [0.05, 0.1) is 5.69 Å². The van der Waals surface area contributed by atoms with Crippen LogP contribution in [0.2, 0.25) is 0 Å². The number of H-pyrrole nitrogens is 1. The minimum absolute atomic E-state index is 0.0773. The van der Waals surface area contributed by atoms with E-state index >= 15 is 0 Å². The van der Waals surface area contributed by atoms with Gasteiger partial charge in [0.15, 0.2) is 10.6 Å². The first-order valence-corrected chi connectivity index (χ1v) is 6.87. The second kappa shape index (κ2) is 5.19. The van der Waals surface area contributed by atoms with Crippen LogP contribution in [0.1, 0.15) is 5.56 Å². The highest BCUT2D eigenvalue weighted by Crippen LogP contribution is 2.30. The summed E-state index contributed by atoms with van der Waals surface area (Å²) in [6.07, 6.45) is 0. The number of aromatic hydroxyl groups is 3. The molecule has 1 heterocycles. The van der Waals surface area contributed by atoms with Crippen molar-refractivity contribution in [3.8, 4) is 34.3 Å². The van der Waals surface area contributed by atoms with E-state index in [4.69, 9.17) is 12.2 Å². The van der Waals surface area contributed by atoms with Gasteiger partial charge >= 0.3 is 0 Å². The van der Waals surface area contributed by atoms with Crippen molar-refractivity contribution in [2.24, 2.45) is 0 Å². The summed E-state index contributed by atoms with van der Waals surface area (Å²) in [5.41, 5.74) is 2.08. The summed E-state index contributed by atoms with van der Waals surface area (Å²) in [7, 11) is 0. The summed E-state index contributed by atoms with van der Waals surface area (Å²) < 4.78 is 1.93. The number of benzene rings is 2. The average molecular weight is 315 g/mol. The molecule has 0 radical (unpaired) electrons. The Hall–Kier alpha value is -2.80. The van der Waals surface area contributed by atoms with Crippen LogP contribution in [-0.2, 0) is 0 Å². The third-order valence-corrected chi connectivity index (χ3v) is 3.54. The van der Waals surface area contributed by atoms with E-state index in [1.807, 2.05) is 6.92 Å². The van der Waals surface area contributed by atoms with Crippen molar-refractivity contribution >= 4 is 12.2 Å². The Bertz CT molecular complexity index is 894. The Labute approximate surface area is 130 Å². The fourth-order valence-corrected chi connectivity index (χ4v) is 2.56. The standard InChI is InChI=1S/C15H13N3O3S/c1-8-4-10(19)2-3-13(8)14-16-17-15(22)18(14)9-5-11(20)7-12(21)6-9/h2-7,19-21H,1H3,(H,17,22). The molecule has 0 aliphatic heterocycles. The number of aryl methyl sites for hydroxylation is 1. The molecular weight excluding hydrogens is 302 g/mol. The van der Waals surface area contributed by atoms with Crippen molar-refractivity contribution in [2.45, 2.75) is 6.92 Å². The SMILES string of the molecule is Cc1cc(O)ccc1-c1n[nH]c(=S)n1-c1cc(O)cc(O)c1. The van der Waals surface area contributed by atoms with Crippen LogP contribution in [0.25, 0.3) is 17.1 Å². The minimum atomic E-state index is -0.0773. The fourth-order valence-electron chi connectivity index (χ4n) is 2.32. The average Bonchev–Trinajstić information content (AvgIpc) is 2.79. The van der Waals surface area contributed by atoms with Gasteiger partial charge < -0.3 is 15.3 Å². The Morgan fingerprint density at radius 2 is 1.68 bits per heavy atom. The third-order valence-electron chi connectivity index (χ3n) is 3.27. The van der Waals surface area contributed by atoms with Crippen LogP contribution in [0.3, 0.4) is 0 Å². The zero-order valence-electron chi connectivity index (χ0n) is 11.6. The van der Waals surface area contributed by atoms with Gasteiger partial charge in [-0.25, -0.2) is 0 Å². The molecule has 3 aromatic rings. The van der Waals surface area contributed by atoms with Crippen molar-refractivity contribution in [1.82, 2.24) is 14.8 Å². The molecule has 6 nitrogen and oxygen atoms in total. The largest absolute Gasteiger partial charge is 0.508 e. The first-order valence-electron chi connectivity index (χ1n) is 6.46. The van der Waals surface area contributed by atoms with Crippen molar-refractivity contribution in [3.63, 3.8) is 0 Å². The number of phenolic OH excluding ortho intramolecular Hbond substituents is 3. The van der Waals surface area contributed by atoms with E-state index in [0.717, 1.165) is 11.1 Å². The highest BCUT2D eigenvalue weighted by molar-refractivity contribution is 7.71. The summed E-state index contributed by atoms with van der Waals surface area (Å²) >= 11 is 5.24. The van der Waals surface area contributed by atoms with Gasteiger partial charge in [-0.15, -0.1) is 0 Å². The Morgan fingerprint density at radius 1 is 1.00 bits per heavy atom. The predicted octanol–water partition coefficient (Wildman–Crippen LogP) is 3.02. The normalized spacial score (nSPS) is 10.8. The Morgan fingerprint density at radius 3 is 2.32 bits per heavy atom. The van der Waals surface area contributed by atoms with Crippen LogP contribution >= 0.6 is 12.2 Å². The molecular formula is C15H13N3O3S. The number of aromatic amines is 1. The van der Waals surface area contributed by atoms with Gasteiger partial charge in [-0.1, -0.05) is 0 Å². The van der Waals surface area contributed by atoms with Crippen LogP contribution in [0.4, 0.5) is 0 Å². The van der Waals surface area contributed by atoms with Crippen LogP contribution in [0.5, 0.6) is 17.2 Å². The summed E-state index contributed by atoms with van der Waals surface area (Å²) in [6, 6.07) is 9.10. The van der Waals surface area contributed by atoms with Crippen molar-refractivity contribution in [1.29, 1.82) is 0 Å². The molecule has 0 saturated carbocycles. The van der Waals surface area contributed by atoms with E-state index in [2.05, 4.69) is 10.2 Å². The lowest BCUT2D eigenvalue weighted by molar-refractivity contribution is 0.450. The van der Waals surface area contributed by atoms with Crippen molar-refractivity contribution < 1.29 is 15.3 Å². The molecule has 2 aromatic carbocycles. The third kappa shape index (κ3) is 2.42. The van der Waals surface area contributed by atoms with Gasteiger partial charge in [0.25, 0.3) is 0 Å². The molecule has 0 fully saturated rings.